The van der Waals surface area contributed by atoms with Gasteiger partial charge < -0.3 is 15.8 Å². The highest BCUT2D eigenvalue weighted by Crippen LogP contribution is 2.34. The number of carbonyl (C=O) groups is 1. The first-order valence-electron chi connectivity index (χ1n) is 10.1. The summed E-state index contributed by atoms with van der Waals surface area (Å²) >= 11 is 5.37. The Morgan fingerprint density at radius 3 is 2.65 bits per heavy atom. The predicted molar refractivity (Wildman–Crippen MR) is 120 cm³/mol. The number of nitrogens with two attached hydrogens (primary N) is 1. The van der Waals surface area contributed by atoms with Crippen LogP contribution in [0, 0.1) is 11.6 Å². The van der Waals surface area contributed by atoms with Gasteiger partial charge in [-0.3, -0.25) is 14.3 Å². The molecule has 8 nitrogen and oxygen atoms in total. The van der Waals surface area contributed by atoms with E-state index >= 15 is 0 Å². The molecule has 1 saturated heterocycles. The smallest absolute Gasteiger partial charge is 0.326 e. The van der Waals surface area contributed by atoms with Gasteiger partial charge in [0, 0.05) is 43.3 Å². The first kappa shape index (κ1) is 21.4. The molecule has 1 aliphatic heterocycles. The van der Waals surface area contributed by atoms with Crippen molar-refractivity contribution < 1.29 is 9.90 Å². The number of likely N-dealkylation sites (tertiary alicyclic amines) is 1. The van der Waals surface area contributed by atoms with Crippen molar-refractivity contribution in [1.29, 1.82) is 0 Å². The predicted octanol–water partition coefficient (Wildman–Crippen LogP) is 1.88. The summed E-state index contributed by atoms with van der Waals surface area (Å²) in [6, 6.07) is 9.25. The highest BCUT2D eigenvalue weighted by Gasteiger charge is 2.35. The maximum absolute atomic E-state index is 12.0. The molecule has 0 unspecified atom stereocenters. The number of amides is 1. The van der Waals surface area contributed by atoms with E-state index in [4.69, 9.17) is 18.0 Å². The van der Waals surface area contributed by atoms with Gasteiger partial charge in [0.25, 0.3) is 5.91 Å². The summed E-state index contributed by atoms with van der Waals surface area (Å²) in [6.45, 7) is 3.91. The Kier molecular flexibility index (Phi) is 5.50. The van der Waals surface area contributed by atoms with E-state index in [1.807, 2.05) is 18.2 Å². The van der Waals surface area contributed by atoms with Crippen molar-refractivity contribution >= 4 is 29.0 Å². The summed E-state index contributed by atoms with van der Waals surface area (Å²) < 4.78 is 1.94. The van der Waals surface area contributed by atoms with E-state index in [1.54, 1.807) is 26.1 Å². The molecule has 31 heavy (non-hydrogen) atoms. The fourth-order valence-corrected chi connectivity index (χ4v) is 4.51. The number of H-pyrrole nitrogens is 1. The van der Waals surface area contributed by atoms with E-state index < -0.39 is 11.5 Å². The minimum atomic E-state index is -0.982. The maximum Gasteiger partial charge on any atom is 0.326 e. The van der Waals surface area contributed by atoms with Crippen molar-refractivity contribution in [1.82, 2.24) is 19.4 Å². The van der Waals surface area contributed by atoms with Gasteiger partial charge in [0.15, 0.2) is 0 Å². The van der Waals surface area contributed by atoms with Crippen LogP contribution in [-0.4, -0.2) is 43.5 Å². The molecule has 3 heterocycles. The van der Waals surface area contributed by atoms with Crippen LogP contribution in [-0.2, 0) is 19.2 Å². The van der Waals surface area contributed by atoms with Gasteiger partial charge in [-0.15, -0.1) is 0 Å². The van der Waals surface area contributed by atoms with Gasteiger partial charge in [-0.25, -0.2) is 9.78 Å². The number of aliphatic hydroxyl groups is 1. The lowest BCUT2D eigenvalue weighted by atomic mass is 9.83. The SMILES string of the molecule is Cc1nc(C(N)=O)ccc1C1(O)CCN(Cc2ccc3c(=S)n(C)c(=O)[nH]c3c2)CC1. The number of carbonyl (C=O) groups excluding carboxylic acids is 1. The third-order valence-electron chi connectivity index (χ3n) is 6.09. The zero-order valence-corrected chi connectivity index (χ0v) is 18.3. The summed E-state index contributed by atoms with van der Waals surface area (Å²) in [7, 11) is 1.65. The first-order valence-corrected chi connectivity index (χ1v) is 10.5. The van der Waals surface area contributed by atoms with Crippen molar-refractivity contribution in [2.75, 3.05) is 13.1 Å². The van der Waals surface area contributed by atoms with E-state index in [-0.39, 0.29) is 11.4 Å². The second-order valence-corrected chi connectivity index (χ2v) is 8.56. The summed E-state index contributed by atoms with van der Waals surface area (Å²) in [4.78, 5) is 32.7. The number of benzene rings is 1. The molecule has 1 aliphatic rings. The third-order valence-corrected chi connectivity index (χ3v) is 6.59. The topological polar surface area (TPSA) is 117 Å². The quantitative estimate of drug-likeness (QED) is 0.535. The van der Waals surface area contributed by atoms with Crippen LogP contribution in [0.1, 0.15) is 40.2 Å². The van der Waals surface area contributed by atoms with Gasteiger partial charge >= 0.3 is 5.69 Å². The lowest BCUT2D eigenvalue weighted by Gasteiger charge is -2.39. The van der Waals surface area contributed by atoms with Crippen LogP contribution in [0.15, 0.2) is 35.1 Å². The average molecular weight is 440 g/mol. The number of nitrogens with one attached hydrogen (secondary N) is 1. The molecule has 1 amide bonds. The largest absolute Gasteiger partial charge is 0.385 e. The number of aromatic nitrogens is 3. The van der Waals surface area contributed by atoms with Crippen LogP contribution in [0.4, 0.5) is 0 Å². The van der Waals surface area contributed by atoms with Crippen LogP contribution >= 0.6 is 12.2 Å². The van der Waals surface area contributed by atoms with Gasteiger partial charge in [0.05, 0.1) is 11.1 Å². The van der Waals surface area contributed by atoms with Crippen LogP contribution in [0.5, 0.6) is 0 Å². The number of piperidine rings is 1. The van der Waals surface area contributed by atoms with Gasteiger partial charge in [0.2, 0.25) is 0 Å². The molecule has 2 aromatic heterocycles. The van der Waals surface area contributed by atoms with Crippen LogP contribution in [0.2, 0.25) is 0 Å². The van der Waals surface area contributed by atoms with Crippen LogP contribution in [0.25, 0.3) is 10.9 Å². The molecule has 0 saturated carbocycles. The summed E-state index contributed by atoms with van der Waals surface area (Å²) in [6.07, 6.45) is 1.12. The zero-order valence-electron chi connectivity index (χ0n) is 17.5. The molecule has 0 aliphatic carbocycles. The number of hydrogen-bond donors (Lipinski definition) is 3. The first-order chi connectivity index (χ1) is 14.7. The number of primary amides is 1. The highest BCUT2D eigenvalue weighted by molar-refractivity contribution is 7.71. The van der Waals surface area contributed by atoms with Crippen molar-refractivity contribution in [2.24, 2.45) is 12.8 Å². The zero-order chi connectivity index (χ0) is 22.3. The summed E-state index contributed by atoms with van der Waals surface area (Å²) in [5.74, 6) is -0.579. The number of nitrogens with zero attached hydrogens (tertiary/aromatic N) is 3. The Hall–Kier alpha value is -2.88. The Labute approximate surface area is 184 Å². The average Bonchev–Trinajstić information content (AvgIpc) is 2.73. The maximum atomic E-state index is 12.0. The molecule has 0 spiro atoms. The van der Waals surface area contributed by atoms with E-state index in [0.29, 0.717) is 42.8 Å². The summed E-state index contributed by atoms with van der Waals surface area (Å²) in [5, 5.41) is 12.1. The number of pyridine rings is 1. The lowest BCUT2D eigenvalue weighted by Crippen LogP contribution is -2.42. The number of aryl methyl sites for hydroxylation is 1. The standard InChI is InChI=1S/C22H25N5O3S/c1-13-16(5-6-17(24-13)19(23)28)22(30)7-9-27(10-8-22)12-14-3-4-15-18(11-14)25-21(29)26(2)20(15)31/h3-6,11,30H,7-10,12H2,1-2H3,(H2,23,28)(H,25,29). The Balaban J connectivity index is 1.49. The monoisotopic (exact) mass is 439 g/mol. The van der Waals surface area contributed by atoms with E-state index in [1.165, 1.54) is 4.57 Å². The van der Waals surface area contributed by atoms with Gasteiger partial charge in [-0.05, 0) is 43.5 Å². The molecule has 0 radical (unpaired) electrons. The minimum absolute atomic E-state index is 0.201. The Morgan fingerprint density at radius 1 is 1.29 bits per heavy atom. The molecule has 1 aromatic carbocycles. The number of hydrogen-bond acceptors (Lipinski definition) is 6. The molecule has 9 heteroatoms. The van der Waals surface area contributed by atoms with Gasteiger partial charge in [-0.1, -0.05) is 24.4 Å². The second kappa shape index (κ2) is 7.99. The minimum Gasteiger partial charge on any atom is -0.385 e. The van der Waals surface area contributed by atoms with E-state index in [2.05, 4.69) is 14.9 Å². The van der Waals surface area contributed by atoms with Crippen molar-refractivity contribution in [3.8, 4) is 0 Å². The molecular weight excluding hydrogens is 414 g/mol. The van der Waals surface area contributed by atoms with Gasteiger partial charge in [-0.2, -0.15) is 0 Å². The third kappa shape index (κ3) is 4.04. The fourth-order valence-electron chi connectivity index (χ4n) is 4.25. The molecule has 0 atom stereocenters. The Morgan fingerprint density at radius 2 is 2.00 bits per heavy atom. The normalized spacial score (nSPS) is 16.5. The number of fused-ring (bicyclic) bond motifs is 1. The number of rotatable bonds is 4. The second-order valence-electron chi connectivity index (χ2n) is 8.18. The molecular formula is C22H25N5O3S. The molecule has 4 N–H and O–H groups in total. The van der Waals surface area contributed by atoms with Crippen LogP contribution < -0.4 is 11.4 Å². The Bertz CT molecular complexity index is 1290. The molecule has 1 fully saturated rings. The van der Waals surface area contributed by atoms with Gasteiger partial charge in [0.1, 0.15) is 10.3 Å². The molecule has 162 valence electrons. The van der Waals surface area contributed by atoms with E-state index in [0.717, 1.165) is 22.0 Å². The molecule has 0 bridgehead atoms. The van der Waals surface area contributed by atoms with Crippen molar-refractivity contribution in [3.63, 3.8) is 0 Å². The highest BCUT2D eigenvalue weighted by atomic mass is 32.1. The fraction of sp³-hybridized carbons (Fsp3) is 0.364. The van der Waals surface area contributed by atoms with Crippen LogP contribution in [0.3, 0.4) is 0 Å². The van der Waals surface area contributed by atoms with Crippen molar-refractivity contribution in [3.05, 3.63) is 68.0 Å². The summed E-state index contributed by atoms with van der Waals surface area (Å²) in [5.41, 5.74) is 7.45. The number of aromatic amines is 1. The van der Waals surface area contributed by atoms with Crippen molar-refractivity contribution in [2.45, 2.75) is 31.9 Å². The van der Waals surface area contributed by atoms with E-state index in [9.17, 15) is 14.7 Å². The lowest BCUT2D eigenvalue weighted by molar-refractivity contribution is -0.0285. The molecule has 3 aromatic rings. The molecule has 4 rings (SSSR count).